The van der Waals surface area contributed by atoms with E-state index in [2.05, 4.69) is 93.7 Å². The van der Waals surface area contributed by atoms with E-state index in [1.807, 2.05) is 0 Å². The van der Waals surface area contributed by atoms with E-state index in [1.54, 1.807) is 0 Å². The van der Waals surface area contributed by atoms with Crippen LogP contribution in [0.4, 0.5) is 0 Å². The normalized spacial score (nSPS) is 12.5. The minimum Gasteiger partial charge on any atom is -0.462 e. The van der Waals surface area contributed by atoms with Crippen molar-refractivity contribution in [3.8, 4) is 0 Å². The molecule has 0 spiro atoms. The molecular weight excluding hydrogens is 961 g/mol. The van der Waals surface area contributed by atoms with E-state index in [1.165, 1.54) is 212 Å². The number of carbonyl (C=O) groups is 3. The number of hydrogen-bond donors (Lipinski definition) is 0. The lowest BCUT2D eigenvalue weighted by molar-refractivity contribution is -0.167. The minimum absolute atomic E-state index is 0.0707. The zero-order valence-electron chi connectivity index (χ0n) is 51.9. The third kappa shape index (κ3) is 63.7. The zero-order valence-corrected chi connectivity index (χ0v) is 51.9. The molecule has 0 aromatic carbocycles. The summed E-state index contributed by atoms with van der Waals surface area (Å²) < 4.78 is 16.9. The monoisotopic (exact) mass is 1090 g/mol. The molecule has 6 nitrogen and oxygen atoms in total. The van der Waals surface area contributed by atoms with E-state index < -0.39 is 6.10 Å². The Balaban J connectivity index is 4.07. The molecule has 78 heavy (non-hydrogen) atoms. The first-order valence-corrected chi connectivity index (χ1v) is 33.9. The molecule has 0 bridgehead atoms. The number of rotatable bonds is 62. The van der Waals surface area contributed by atoms with Crippen molar-refractivity contribution in [3.63, 3.8) is 0 Å². The highest BCUT2D eigenvalue weighted by Gasteiger charge is 2.19. The largest absolute Gasteiger partial charge is 0.462 e. The van der Waals surface area contributed by atoms with E-state index >= 15 is 0 Å². The quantitative estimate of drug-likeness (QED) is 0.0261. The van der Waals surface area contributed by atoms with Crippen LogP contribution in [0.2, 0.25) is 0 Å². The van der Waals surface area contributed by atoms with Crippen LogP contribution in [0.3, 0.4) is 0 Å². The Hall–Kier alpha value is -3.15. The Morgan fingerprint density at radius 2 is 0.500 bits per heavy atom. The summed E-state index contributed by atoms with van der Waals surface area (Å²) in [5.41, 5.74) is 0. The third-order valence-electron chi connectivity index (χ3n) is 15.0. The van der Waals surface area contributed by atoms with Crippen LogP contribution in [0, 0.1) is 0 Å². The van der Waals surface area contributed by atoms with Gasteiger partial charge in [-0.1, -0.05) is 331 Å². The maximum atomic E-state index is 12.9. The summed E-state index contributed by atoms with van der Waals surface area (Å²) in [5, 5.41) is 0. The van der Waals surface area contributed by atoms with Gasteiger partial charge in [-0.25, -0.2) is 0 Å². The van der Waals surface area contributed by atoms with Crippen LogP contribution in [0.1, 0.15) is 348 Å². The van der Waals surface area contributed by atoms with E-state index in [0.717, 1.165) is 96.3 Å². The van der Waals surface area contributed by atoms with Crippen LogP contribution >= 0.6 is 0 Å². The van der Waals surface area contributed by atoms with Gasteiger partial charge < -0.3 is 14.2 Å². The first-order chi connectivity index (χ1) is 38.5. The van der Waals surface area contributed by atoms with Crippen molar-refractivity contribution in [2.24, 2.45) is 0 Å². The van der Waals surface area contributed by atoms with Crippen LogP contribution < -0.4 is 0 Å². The molecule has 0 radical (unpaired) electrons. The van der Waals surface area contributed by atoms with Gasteiger partial charge in [0.15, 0.2) is 6.10 Å². The standard InChI is InChI=1S/C72H128O6/c1-4-7-10-13-16-18-20-22-24-26-28-30-32-33-34-35-36-37-38-39-40-42-43-45-47-49-51-53-56-59-62-65-71(74)77-68-69(67-76-70(73)64-61-58-55-15-12-9-6-3)78-72(75)66-63-60-57-54-52-50-48-46-44-41-31-29-27-25-23-21-19-17-14-11-8-5-2/h7,10,16,18,22,24,28,30,33-34,36-37,69H,4-6,8-9,11-15,17,19-21,23,25-27,29,31-32,35,38-68H2,1-3H3/b10-7-,18-16-,24-22-,30-28-,34-33-,37-36-. The second-order valence-electron chi connectivity index (χ2n) is 22.7. The molecule has 0 aliphatic carbocycles. The third-order valence-corrected chi connectivity index (χ3v) is 15.0. The van der Waals surface area contributed by atoms with Gasteiger partial charge in [0.05, 0.1) is 0 Å². The molecule has 0 saturated heterocycles. The summed E-state index contributed by atoms with van der Waals surface area (Å²) >= 11 is 0. The molecule has 0 aromatic heterocycles. The average Bonchev–Trinajstić information content (AvgIpc) is 3.44. The molecule has 1 unspecified atom stereocenters. The van der Waals surface area contributed by atoms with Gasteiger partial charge in [-0.2, -0.15) is 0 Å². The molecule has 0 amide bonds. The average molecular weight is 1090 g/mol. The smallest absolute Gasteiger partial charge is 0.306 e. The number of carbonyl (C=O) groups excluding carboxylic acids is 3. The number of ether oxygens (including phenoxy) is 3. The summed E-state index contributed by atoms with van der Waals surface area (Å²) in [5.74, 6) is -0.860. The van der Waals surface area contributed by atoms with E-state index in [4.69, 9.17) is 14.2 Å². The van der Waals surface area contributed by atoms with Crippen LogP contribution in [0.5, 0.6) is 0 Å². The van der Waals surface area contributed by atoms with Crippen LogP contribution in [-0.4, -0.2) is 37.2 Å². The summed E-state index contributed by atoms with van der Waals surface area (Å²) in [6.45, 7) is 6.53. The van der Waals surface area contributed by atoms with Gasteiger partial charge in [0.1, 0.15) is 13.2 Å². The van der Waals surface area contributed by atoms with E-state index in [0.29, 0.717) is 19.3 Å². The van der Waals surface area contributed by atoms with Crippen LogP contribution in [0.15, 0.2) is 72.9 Å². The lowest BCUT2D eigenvalue weighted by atomic mass is 10.0. The highest BCUT2D eigenvalue weighted by molar-refractivity contribution is 5.71. The zero-order chi connectivity index (χ0) is 56.4. The molecule has 0 aromatic rings. The predicted molar refractivity (Wildman–Crippen MR) is 339 cm³/mol. The molecule has 0 aliphatic rings. The van der Waals surface area contributed by atoms with Crippen molar-refractivity contribution in [2.75, 3.05) is 13.2 Å². The molecule has 452 valence electrons. The van der Waals surface area contributed by atoms with Crippen molar-refractivity contribution in [1.29, 1.82) is 0 Å². The molecule has 0 aliphatic heterocycles. The lowest BCUT2D eigenvalue weighted by Gasteiger charge is -2.18. The number of hydrogen-bond acceptors (Lipinski definition) is 6. The molecule has 1 atom stereocenters. The van der Waals surface area contributed by atoms with Crippen molar-refractivity contribution < 1.29 is 28.6 Å². The van der Waals surface area contributed by atoms with Gasteiger partial charge in [-0.15, -0.1) is 0 Å². The van der Waals surface area contributed by atoms with Gasteiger partial charge in [-0.3, -0.25) is 14.4 Å². The second-order valence-corrected chi connectivity index (χ2v) is 22.7. The molecular formula is C72H128O6. The molecule has 0 fully saturated rings. The minimum atomic E-state index is -0.771. The van der Waals surface area contributed by atoms with Crippen molar-refractivity contribution in [1.82, 2.24) is 0 Å². The molecule has 6 heteroatoms. The molecule has 0 heterocycles. The highest BCUT2D eigenvalue weighted by atomic mass is 16.6. The Kier molecular flexibility index (Phi) is 63.7. The van der Waals surface area contributed by atoms with Crippen molar-refractivity contribution in [3.05, 3.63) is 72.9 Å². The Bertz CT molecular complexity index is 1440. The molecule has 0 saturated carbocycles. The highest BCUT2D eigenvalue weighted by Crippen LogP contribution is 2.18. The Morgan fingerprint density at radius 3 is 0.782 bits per heavy atom. The predicted octanol–water partition coefficient (Wildman–Crippen LogP) is 23.3. The topological polar surface area (TPSA) is 78.9 Å². The SMILES string of the molecule is CC/C=C\C/C=C\C/C=C\C/C=C\C/C=C\C/C=C\CCCCCCCCCCCCCCC(=O)OCC(COC(=O)CCCCCCCCC)OC(=O)CCCCCCCCCCCCCCCCCCCCCCCC. The van der Waals surface area contributed by atoms with Gasteiger partial charge >= 0.3 is 17.9 Å². The van der Waals surface area contributed by atoms with Crippen molar-refractivity contribution >= 4 is 17.9 Å². The fraction of sp³-hybridized carbons (Fsp3) is 0.792. The fourth-order valence-electron chi connectivity index (χ4n) is 9.92. The Labute approximate surface area is 484 Å². The van der Waals surface area contributed by atoms with Gasteiger partial charge in [-0.05, 0) is 70.6 Å². The van der Waals surface area contributed by atoms with Crippen LogP contribution in [0.25, 0.3) is 0 Å². The number of esters is 3. The first kappa shape index (κ1) is 74.8. The lowest BCUT2D eigenvalue weighted by Crippen LogP contribution is -2.30. The number of unbranched alkanes of at least 4 members (excludes halogenated alkanes) is 39. The summed E-state index contributed by atoms with van der Waals surface area (Å²) in [7, 11) is 0. The van der Waals surface area contributed by atoms with Gasteiger partial charge in [0, 0.05) is 19.3 Å². The van der Waals surface area contributed by atoms with Crippen molar-refractivity contribution in [2.45, 2.75) is 354 Å². The van der Waals surface area contributed by atoms with Gasteiger partial charge in [0.2, 0.25) is 0 Å². The molecule has 0 N–H and O–H groups in total. The van der Waals surface area contributed by atoms with Crippen LogP contribution in [-0.2, 0) is 28.6 Å². The maximum absolute atomic E-state index is 12.9. The maximum Gasteiger partial charge on any atom is 0.306 e. The van der Waals surface area contributed by atoms with Gasteiger partial charge in [0.25, 0.3) is 0 Å². The second kappa shape index (κ2) is 66.4. The summed E-state index contributed by atoms with van der Waals surface area (Å²) in [4.78, 5) is 38.1. The van der Waals surface area contributed by atoms with E-state index in [-0.39, 0.29) is 31.1 Å². The fourth-order valence-corrected chi connectivity index (χ4v) is 9.92. The van der Waals surface area contributed by atoms with E-state index in [9.17, 15) is 14.4 Å². The first-order valence-electron chi connectivity index (χ1n) is 33.9. The molecule has 0 rings (SSSR count). The number of allylic oxidation sites excluding steroid dienone is 12. The summed E-state index contributed by atoms with van der Waals surface area (Å²) in [6.07, 6.45) is 86.6. The summed E-state index contributed by atoms with van der Waals surface area (Å²) in [6, 6.07) is 0. The Morgan fingerprint density at radius 1 is 0.269 bits per heavy atom.